The maximum atomic E-state index is 11.6. The molecule has 1 aromatic heterocycles. The summed E-state index contributed by atoms with van der Waals surface area (Å²) in [5.74, 6) is 0.886. The smallest absolute Gasteiger partial charge is 0.153 e. The topological polar surface area (TPSA) is 87.2 Å². The van der Waals surface area contributed by atoms with E-state index in [1.54, 1.807) is 14.2 Å². The molecule has 1 heterocycles. The Morgan fingerprint density at radius 3 is 2.62 bits per heavy atom. The van der Waals surface area contributed by atoms with E-state index in [0.717, 1.165) is 11.1 Å². The second kappa shape index (κ2) is 5.40. The van der Waals surface area contributed by atoms with Gasteiger partial charge in [-0.3, -0.25) is 4.68 Å². The number of rotatable bonds is 4. The average Bonchev–Trinajstić information content (AvgIpc) is 2.62. The zero-order chi connectivity index (χ0) is 15.8. The van der Waals surface area contributed by atoms with Gasteiger partial charge in [0.05, 0.1) is 24.1 Å². The molecule has 0 amide bonds. The van der Waals surface area contributed by atoms with Crippen LogP contribution in [0.5, 0.6) is 5.75 Å². The number of benzene rings is 1. The molecule has 0 saturated heterocycles. The van der Waals surface area contributed by atoms with Crippen molar-refractivity contribution in [2.75, 3.05) is 19.1 Å². The normalized spacial score (nSPS) is 11.6. The van der Waals surface area contributed by atoms with Gasteiger partial charge in [0.15, 0.2) is 9.84 Å². The van der Waals surface area contributed by atoms with E-state index in [0.29, 0.717) is 22.8 Å². The summed E-state index contributed by atoms with van der Waals surface area (Å²) in [5.41, 5.74) is 8.90. The molecule has 0 aliphatic carbocycles. The molecule has 0 bridgehead atoms. The van der Waals surface area contributed by atoms with Crippen molar-refractivity contribution in [1.29, 1.82) is 0 Å². The maximum Gasteiger partial charge on any atom is 0.153 e. The first-order chi connectivity index (χ1) is 9.73. The molecule has 2 aromatic rings. The Bertz CT molecular complexity index is 779. The molecule has 0 fully saturated rings. The number of aromatic nitrogens is 2. The van der Waals surface area contributed by atoms with E-state index >= 15 is 0 Å². The van der Waals surface area contributed by atoms with Crippen molar-refractivity contribution >= 4 is 15.7 Å². The van der Waals surface area contributed by atoms with E-state index in [2.05, 4.69) is 5.10 Å². The van der Waals surface area contributed by atoms with Crippen molar-refractivity contribution in [3.63, 3.8) is 0 Å². The molecular formula is C14H19N3O3S. The zero-order valence-electron chi connectivity index (χ0n) is 12.5. The Hall–Kier alpha value is -2.02. The molecule has 1 aromatic carbocycles. The molecule has 0 aliphatic rings. The monoisotopic (exact) mass is 309 g/mol. The SMILES string of the molecule is COc1ccc(C)cc1-c1c(CS(C)(=O)=O)nn(C)c1N. The standard InChI is InChI=1S/C14H19N3O3S/c1-9-5-6-12(20-3)10(7-9)13-11(8-21(4,18)19)16-17(2)14(13)15/h5-7H,8,15H2,1-4H3. The van der Waals surface area contributed by atoms with Crippen LogP contribution in [0, 0.1) is 6.92 Å². The van der Waals surface area contributed by atoms with Gasteiger partial charge in [-0.25, -0.2) is 8.42 Å². The number of nitrogen functional groups attached to an aromatic ring is 1. The number of nitrogens with two attached hydrogens (primary N) is 1. The minimum absolute atomic E-state index is 0.162. The van der Waals surface area contributed by atoms with E-state index < -0.39 is 9.84 Å². The first kappa shape index (κ1) is 15.4. The highest BCUT2D eigenvalue weighted by Crippen LogP contribution is 2.37. The predicted molar refractivity (Wildman–Crippen MR) is 82.9 cm³/mol. The van der Waals surface area contributed by atoms with Gasteiger partial charge in [-0.05, 0) is 19.1 Å². The molecule has 0 radical (unpaired) electrons. The van der Waals surface area contributed by atoms with Crippen LogP contribution in [0.3, 0.4) is 0 Å². The summed E-state index contributed by atoms with van der Waals surface area (Å²) < 4.78 is 30.1. The fraction of sp³-hybridized carbons (Fsp3) is 0.357. The highest BCUT2D eigenvalue weighted by atomic mass is 32.2. The molecule has 0 spiro atoms. The number of ether oxygens (including phenoxy) is 1. The predicted octanol–water partition coefficient (Wildman–Crippen LogP) is 1.53. The lowest BCUT2D eigenvalue weighted by atomic mass is 10.0. The van der Waals surface area contributed by atoms with Crippen molar-refractivity contribution < 1.29 is 13.2 Å². The quantitative estimate of drug-likeness (QED) is 0.925. The lowest BCUT2D eigenvalue weighted by Crippen LogP contribution is -2.03. The number of hydrogen-bond donors (Lipinski definition) is 1. The van der Waals surface area contributed by atoms with Crippen LogP contribution in [0.15, 0.2) is 18.2 Å². The van der Waals surface area contributed by atoms with Crippen LogP contribution in [-0.2, 0) is 22.6 Å². The molecule has 0 unspecified atom stereocenters. The van der Waals surface area contributed by atoms with Gasteiger partial charge in [0.25, 0.3) is 0 Å². The summed E-state index contributed by atoms with van der Waals surface area (Å²) in [4.78, 5) is 0. The Labute approximate surface area is 124 Å². The van der Waals surface area contributed by atoms with Crippen LogP contribution in [-0.4, -0.2) is 31.6 Å². The van der Waals surface area contributed by atoms with Gasteiger partial charge in [0, 0.05) is 18.9 Å². The highest BCUT2D eigenvalue weighted by Gasteiger charge is 2.21. The first-order valence-corrected chi connectivity index (χ1v) is 8.43. The third kappa shape index (κ3) is 3.18. The van der Waals surface area contributed by atoms with E-state index in [9.17, 15) is 8.42 Å². The Morgan fingerprint density at radius 1 is 1.38 bits per heavy atom. The lowest BCUT2D eigenvalue weighted by molar-refractivity contribution is 0.416. The number of methoxy groups -OCH3 is 1. The number of aryl methyl sites for hydroxylation is 2. The van der Waals surface area contributed by atoms with Gasteiger partial charge < -0.3 is 10.5 Å². The summed E-state index contributed by atoms with van der Waals surface area (Å²) in [6.07, 6.45) is 1.18. The summed E-state index contributed by atoms with van der Waals surface area (Å²) in [6.45, 7) is 1.95. The highest BCUT2D eigenvalue weighted by molar-refractivity contribution is 7.89. The van der Waals surface area contributed by atoms with E-state index in [1.165, 1.54) is 10.9 Å². The maximum absolute atomic E-state index is 11.6. The molecule has 6 nitrogen and oxygen atoms in total. The second-order valence-corrected chi connectivity index (χ2v) is 7.24. The van der Waals surface area contributed by atoms with Crippen molar-refractivity contribution in [1.82, 2.24) is 9.78 Å². The van der Waals surface area contributed by atoms with Crippen LogP contribution < -0.4 is 10.5 Å². The zero-order valence-corrected chi connectivity index (χ0v) is 13.4. The third-order valence-electron chi connectivity index (χ3n) is 3.19. The van der Waals surface area contributed by atoms with Crippen molar-refractivity contribution in [3.8, 4) is 16.9 Å². The number of anilines is 1. The molecule has 21 heavy (non-hydrogen) atoms. The second-order valence-electron chi connectivity index (χ2n) is 5.10. The molecule has 2 N–H and O–H groups in total. The van der Waals surface area contributed by atoms with Crippen molar-refractivity contribution in [3.05, 3.63) is 29.5 Å². The molecule has 2 rings (SSSR count). The summed E-state index contributed by atoms with van der Waals surface area (Å²) in [7, 11) is 0.0408. The number of hydrogen-bond acceptors (Lipinski definition) is 5. The third-order valence-corrected chi connectivity index (χ3v) is 3.99. The molecule has 0 saturated carbocycles. The molecule has 7 heteroatoms. The van der Waals surface area contributed by atoms with Crippen molar-refractivity contribution in [2.45, 2.75) is 12.7 Å². The molecule has 114 valence electrons. The summed E-state index contributed by atoms with van der Waals surface area (Å²) >= 11 is 0. The fourth-order valence-electron chi connectivity index (χ4n) is 2.25. The molecule has 0 aliphatic heterocycles. The van der Waals surface area contributed by atoms with E-state index in [1.807, 2.05) is 25.1 Å². The van der Waals surface area contributed by atoms with E-state index in [-0.39, 0.29) is 5.75 Å². The van der Waals surface area contributed by atoms with Gasteiger partial charge in [0.2, 0.25) is 0 Å². The average molecular weight is 309 g/mol. The van der Waals surface area contributed by atoms with Crippen LogP contribution in [0.4, 0.5) is 5.82 Å². The van der Waals surface area contributed by atoms with Crippen molar-refractivity contribution in [2.24, 2.45) is 7.05 Å². The van der Waals surface area contributed by atoms with Crippen LogP contribution in [0.2, 0.25) is 0 Å². The minimum Gasteiger partial charge on any atom is -0.496 e. The van der Waals surface area contributed by atoms with Gasteiger partial charge >= 0.3 is 0 Å². The van der Waals surface area contributed by atoms with E-state index in [4.69, 9.17) is 10.5 Å². The number of sulfone groups is 1. The Kier molecular flexibility index (Phi) is 3.95. The number of nitrogens with zero attached hydrogens (tertiary/aromatic N) is 2. The summed E-state index contributed by atoms with van der Waals surface area (Å²) in [5, 5.41) is 4.23. The molecular weight excluding hydrogens is 290 g/mol. The summed E-state index contributed by atoms with van der Waals surface area (Å²) in [6, 6.07) is 5.67. The minimum atomic E-state index is -3.21. The van der Waals surface area contributed by atoms with Gasteiger partial charge in [-0.2, -0.15) is 5.10 Å². The Morgan fingerprint density at radius 2 is 2.05 bits per heavy atom. The van der Waals surface area contributed by atoms with Gasteiger partial charge in [-0.1, -0.05) is 11.6 Å². The lowest BCUT2D eigenvalue weighted by Gasteiger charge is -2.10. The Balaban J connectivity index is 2.71. The van der Waals surface area contributed by atoms with Gasteiger partial charge in [-0.15, -0.1) is 0 Å². The van der Waals surface area contributed by atoms with Crippen LogP contribution >= 0.6 is 0 Å². The first-order valence-electron chi connectivity index (χ1n) is 6.37. The van der Waals surface area contributed by atoms with Crippen LogP contribution in [0.25, 0.3) is 11.1 Å². The molecule has 0 atom stereocenters. The van der Waals surface area contributed by atoms with Crippen LogP contribution in [0.1, 0.15) is 11.3 Å². The fourth-order valence-corrected chi connectivity index (χ4v) is 2.95. The largest absolute Gasteiger partial charge is 0.496 e. The van der Waals surface area contributed by atoms with Gasteiger partial charge in [0.1, 0.15) is 11.6 Å².